The number of rotatable bonds is 5. The van der Waals surface area contributed by atoms with Crippen LogP contribution in [0.3, 0.4) is 0 Å². The van der Waals surface area contributed by atoms with E-state index in [0.717, 1.165) is 48.5 Å². The minimum atomic E-state index is -1.56. The summed E-state index contributed by atoms with van der Waals surface area (Å²) in [5.41, 5.74) is 0.0959. The summed E-state index contributed by atoms with van der Waals surface area (Å²) in [6, 6.07) is 14.7. The van der Waals surface area contributed by atoms with Gasteiger partial charge in [-0.1, -0.05) is 35.4 Å². The van der Waals surface area contributed by atoms with Gasteiger partial charge in [0.25, 0.3) is 0 Å². The number of fused-ring (bicyclic) bond motifs is 5. The SMILES string of the molecule is Cc1c(-c2cc(N3C(=O)C4CC5C(=CCC6C(=O)N(c7ccc(C(=O)O)c(O)c7)C(=O)C65)C(c5cccc(F)c5O)C4(C)C3=O)n(C)n2)sc2ccc(Cl)cc12. The molecule has 4 amide bonds. The monoisotopic (exact) mass is 794 g/mol. The molecule has 0 spiro atoms. The fraction of sp³-hybridized carbons (Fsp3) is 0.268. The van der Waals surface area contributed by atoms with E-state index in [1.807, 2.05) is 19.1 Å². The quantitative estimate of drug-likeness (QED) is 0.126. The van der Waals surface area contributed by atoms with Crippen molar-refractivity contribution in [1.82, 2.24) is 9.78 Å². The van der Waals surface area contributed by atoms with Gasteiger partial charge in [-0.3, -0.25) is 23.9 Å². The zero-order chi connectivity index (χ0) is 39.7. The zero-order valence-corrected chi connectivity index (χ0v) is 31.6. The second-order valence-corrected chi connectivity index (χ2v) is 16.6. The number of aryl methyl sites for hydroxylation is 2. The van der Waals surface area contributed by atoms with Crippen molar-refractivity contribution in [3.63, 3.8) is 0 Å². The molecular weight excluding hydrogens is 763 g/mol. The van der Waals surface area contributed by atoms with Gasteiger partial charge in [0.1, 0.15) is 22.8 Å². The van der Waals surface area contributed by atoms with Crippen LogP contribution in [0.5, 0.6) is 11.5 Å². The highest BCUT2D eigenvalue weighted by molar-refractivity contribution is 7.22. The van der Waals surface area contributed by atoms with Gasteiger partial charge >= 0.3 is 5.97 Å². The maximum Gasteiger partial charge on any atom is 0.339 e. The van der Waals surface area contributed by atoms with E-state index in [-0.39, 0.29) is 29.9 Å². The number of carboxylic acid groups (broad SMARTS) is 1. The number of amides is 4. The number of aromatic hydroxyl groups is 2. The van der Waals surface area contributed by atoms with Crippen LogP contribution in [0.15, 0.2) is 72.3 Å². The molecule has 284 valence electrons. The average Bonchev–Trinajstić information content (AvgIpc) is 3.83. The van der Waals surface area contributed by atoms with E-state index in [1.54, 1.807) is 32.2 Å². The molecule has 9 rings (SSSR count). The van der Waals surface area contributed by atoms with E-state index in [9.17, 15) is 34.5 Å². The Morgan fingerprint density at radius 2 is 1.75 bits per heavy atom. The second-order valence-electron chi connectivity index (χ2n) is 15.1. The third kappa shape index (κ3) is 4.81. The molecule has 3 aromatic carbocycles. The normalized spacial score (nSPS) is 25.8. The Morgan fingerprint density at radius 1 is 0.982 bits per heavy atom. The van der Waals surface area contributed by atoms with Crippen molar-refractivity contribution >= 4 is 74.1 Å². The van der Waals surface area contributed by atoms with Gasteiger partial charge in [-0.2, -0.15) is 5.10 Å². The summed E-state index contributed by atoms with van der Waals surface area (Å²) >= 11 is 7.78. The number of carboxylic acids is 1. The molecule has 15 heteroatoms. The van der Waals surface area contributed by atoms with Crippen LogP contribution in [0.4, 0.5) is 15.9 Å². The van der Waals surface area contributed by atoms with Gasteiger partial charge in [0.2, 0.25) is 23.6 Å². The lowest BCUT2D eigenvalue weighted by Gasteiger charge is -2.49. The lowest BCUT2D eigenvalue weighted by molar-refractivity contribution is -0.131. The second kappa shape index (κ2) is 12.3. The molecular formula is C41H32ClFN4O8S. The third-order valence-corrected chi connectivity index (χ3v) is 13.8. The topological polar surface area (TPSA) is 170 Å². The third-order valence-electron chi connectivity index (χ3n) is 12.3. The average molecular weight is 795 g/mol. The van der Waals surface area contributed by atoms with Crippen LogP contribution in [0.25, 0.3) is 20.7 Å². The van der Waals surface area contributed by atoms with Gasteiger partial charge in [0.15, 0.2) is 11.6 Å². The smallest absolute Gasteiger partial charge is 0.339 e. The Bertz CT molecular complexity index is 2670. The number of allylic oxidation sites excluding steroid dienone is 2. The van der Waals surface area contributed by atoms with Crippen molar-refractivity contribution in [2.45, 2.75) is 32.6 Å². The summed E-state index contributed by atoms with van der Waals surface area (Å²) in [5.74, 6) is -10.5. The fourth-order valence-corrected chi connectivity index (χ4v) is 11.0. The number of hydrogen-bond donors (Lipinski definition) is 3. The van der Waals surface area contributed by atoms with Crippen molar-refractivity contribution in [2.24, 2.45) is 36.1 Å². The van der Waals surface area contributed by atoms with Crippen molar-refractivity contribution < 1.29 is 43.7 Å². The number of aromatic nitrogens is 2. The summed E-state index contributed by atoms with van der Waals surface area (Å²) in [7, 11) is 1.63. The number of benzene rings is 3. The Kier molecular flexibility index (Phi) is 7.88. The first-order valence-corrected chi connectivity index (χ1v) is 19.1. The van der Waals surface area contributed by atoms with Gasteiger partial charge in [-0.15, -0.1) is 11.3 Å². The number of aromatic carboxylic acids is 1. The molecule has 4 aliphatic rings. The number of hydrogen-bond acceptors (Lipinski definition) is 9. The van der Waals surface area contributed by atoms with E-state index in [4.69, 9.17) is 16.7 Å². The number of thiophene rings is 1. The number of anilines is 2. The molecule has 6 unspecified atom stereocenters. The highest BCUT2D eigenvalue weighted by Gasteiger charge is 2.68. The summed E-state index contributed by atoms with van der Waals surface area (Å²) in [5, 5.41) is 37.3. The molecule has 0 bridgehead atoms. The molecule has 2 saturated heterocycles. The van der Waals surface area contributed by atoms with Crippen molar-refractivity contribution in [1.29, 1.82) is 0 Å². The first kappa shape index (κ1) is 35.8. The van der Waals surface area contributed by atoms with Crippen LogP contribution >= 0.6 is 22.9 Å². The maximum atomic E-state index is 15.2. The van der Waals surface area contributed by atoms with E-state index in [2.05, 4.69) is 0 Å². The van der Waals surface area contributed by atoms with Crippen molar-refractivity contribution in [3.05, 3.63) is 99.8 Å². The largest absolute Gasteiger partial charge is 0.507 e. The lowest BCUT2D eigenvalue weighted by atomic mass is 9.51. The number of phenols is 2. The highest BCUT2D eigenvalue weighted by Crippen LogP contribution is 2.64. The first-order valence-electron chi connectivity index (χ1n) is 17.9. The minimum Gasteiger partial charge on any atom is -0.507 e. The van der Waals surface area contributed by atoms with Crippen LogP contribution in [0.2, 0.25) is 5.02 Å². The van der Waals surface area contributed by atoms with E-state index >= 15 is 9.18 Å². The predicted molar refractivity (Wildman–Crippen MR) is 204 cm³/mol. The van der Waals surface area contributed by atoms with Crippen molar-refractivity contribution in [3.8, 4) is 22.1 Å². The van der Waals surface area contributed by atoms with Crippen LogP contribution in [-0.4, -0.2) is 54.7 Å². The Hall–Kier alpha value is -5.86. The zero-order valence-electron chi connectivity index (χ0n) is 30.0. The minimum absolute atomic E-state index is 0.00585. The fourth-order valence-electron chi connectivity index (χ4n) is 9.65. The molecule has 4 heterocycles. The molecule has 6 atom stereocenters. The van der Waals surface area contributed by atoms with Gasteiger partial charge in [0, 0.05) is 40.4 Å². The van der Waals surface area contributed by atoms with E-state index in [0.29, 0.717) is 16.3 Å². The number of halogens is 2. The van der Waals surface area contributed by atoms with E-state index in [1.165, 1.54) is 34.2 Å². The van der Waals surface area contributed by atoms with Crippen LogP contribution in [0, 0.1) is 41.8 Å². The molecule has 3 fully saturated rings. The highest BCUT2D eigenvalue weighted by atomic mass is 35.5. The van der Waals surface area contributed by atoms with Crippen molar-refractivity contribution in [2.75, 3.05) is 9.80 Å². The predicted octanol–water partition coefficient (Wildman–Crippen LogP) is 6.95. The van der Waals surface area contributed by atoms with Crippen LogP contribution in [-0.2, 0) is 26.2 Å². The van der Waals surface area contributed by atoms with Crippen LogP contribution in [0.1, 0.15) is 47.2 Å². The lowest BCUT2D eigenvalue weighted by Crippen LogP contribution is -2.49. The number of nitrogens with zero attached hydrogens (tertiary/aromatic N) is 4. The number of carbonyl (C=O) groups is 5. The summed E-state index contributed by atoms with van der Waals surface area (Å²) in [6.07, 6.45) is 1.83. The first-order chi connectivity index (χ1) is 26.6. The number of carbonyl (C=O) groups excluding carboxylic acids is 4. The van der Waals surface area contributed by atoms with Gasteiger partial charge < -0.3 is 15.3 Å². The Morgan fingerprint density at radius 3 is 2.48 bits per heavy atom. The molecule has 0 radical (unpaired) electrons. The standard InChI is InChI=1S/C41H32ClFN4O8S/c1-17-24-13-18(42)7-12-30(24)56-35(17)28-16-31(45(3)44-28)47-37(51)26-15-25-20(33(41(26,2)40(47)55)23-5-4-6-27(43)34(23)49)10-11-22-32(25)38(52)46(36(22)50)19-8-9-21(39(53)54)29(48)14-19/h4-10,12-14,16,22,25-26,32-33,48-49H,11,15H2,1-3H3,(H,53,54). The summed E-state index contributed by atoms with van der Waals surface area (Å²) < 4.78 is 17.6. The molecule has 2 aliphatic carbocycles. The number of phenolic OH excluding ortho intramolecular Hbond substituents is 1. The Balaban J connectivity index is 1.15. The molecule has 12 nitrogen and oxygen atoms in total. The van der Waals surface area contributed by atoms with E-state index < -0.39 is 87.5 Å². The Labute approximate surface area is 327 Å². The molecule has 2 aromatic heterocycles. The van der Waals surface area contributed by atoms with Gasteiger partial charge in [0.05, 0.1) is 33.7 Å². The summed E-state index contributed by atoms with van der Waals surface area (Å²) in [4.78, 5) is 72.6. The molecule has 1 saturated carbocycles. The van der Waals surface area contributed by atoms with Gasteiger partial charge in [-0.05, 0) is 80.0 Å². The number of para-hydroxylation sites is 1. The van der Waals surface area contributed by atoms with Gasteiger partial charge in [-0.25, -0.2) is 19.0 Å². The molecule has 56 heavy (non-hydrogen) atoms. The molecule has 3 N–H and O–H groups in total. The summed E-state index contributed by atoms with van der Waals surface area (Å²) in [6.45, 7) is 3.58. The molecule has 5 aromatic rings. The number of imide groups is 2. The van der Waals surface area contributed by atoms with Crippen LogP contribution < -0.4 is 9.80 Å². The molecule has 2 aliphatic heterocycles. The maximum absolute atomic E-state index is 15.2.